The van der Waals surface area contributed by atoms with Crippen LogP contribution in [0.25, 0.3) is 0 Å². The molecule has 1 aliphatic heterocycles. The van der Waals surface area contributed by atoms with Gasteiger partial charge in [-0.2, -0.15) is 0 Å². The highest BCUT2D eigenvalue weighted by molar-refractivity contribution is 4.82. The van der Waals surface area contributed by atoms with Crippen LogP contribution < -0.4 is 5.32 Å². The zero-order chi connectivity index (χ0) is 12.2. The molecule has 0 saturated carbocycles. The monoisotopic (exact) mass is 229 g/mol. The zero-order valence-electron chi connectivity index (χ0n) is 11.1. The van der Waals surface area contributed by atoms with Crippen molar-refractivity contribution in [3.8, 4) is 0 Å². The highest BCUT2D eigenvalue weighted by Crippen LogP contribution is 2.22. The number of aliphatic hydroxyl groups excluding tert-OH is 1. The lowest BCUT2D eigenvalue weighted by atomic mass is 9.87. The topological polar surface area (TPSA) is 41.5 Å². The summed E-state index contributed by atoms with van der Waals surface area (Å²) in [5.41, 5.74) is 0.0186. The molecule has 3 unspecified atom stereocenters. The molecular formula is C13H27NO2. The molecule has 0 spiro atoms. The van der Waals surface area contributed by atoms with Crippen LogP contribution in [0.5, 0.6) is 0 Å². The molecule has 1 heterocycles. The van der Waals surface area contributed by atoms with E-state index in [-0.39, 0.29) is 12.0 Å². The average molecular weight is 229 g/mol. The Bertz CT molecular complexity index is 194. The summed E-state index contributed by atoms with van der Waals surface area (Å²) in [5.74, 6) is 0. The standard InChI is InChI=1S/C13H27NO2/c1-5-13(4,9-15)8-14-12-6-10(2)16-11(3)7-12/h10-12,14-15H,5-9H2,1-4H3. The molecule has 0 bridgehead atoms. The van der Waals surface area contributed by atoms with E-state index in [0.29, 0.717) is 18.2 Å². The molecule has 3 heteroatoms. The summed E-state index contributed by atoms with van der Waals surface area (Å²) in [5, 5.41) is 12.9. The first-order valence-corrected chi connectivity index (χ1v) is 6.49. The van der Waals surface area contributed by atoms with Crippen molar-refractivity contribution in [2.24, 2.45) is 5.41 Å². The maximum atomic E-state index is 9.35. The third-order valence-corrected chi connectivity index (χ3v) is 3.75. The summed E-state index contributed by atoms with van der Waals surface area (Å²) in [6.07, 6.45) is 3.86. The summed E-state index contributed by atoms with van der Waals surface area (Å²) in [4.78, 5) is 0. The molecule has 16 heavy (non-hydrogen) atoms. The molecule has 0 aromatic rings. The summed E-state index contributed by atoms with van der Waals surface area (Å²) in [7, 11) is 0. The van der Waals surface area contributed by atoms with Crippen molar-refractivity contribution in [1.29, 1.82) is 0 Å². The summed E-state index contributed by atoms with van der Waals surface area (Å²) in [6, 6.07) is 0.538. The second-order valence-corrected chi connectivity index (χ2v) is 5.63. The van der Waals surface area contributed by atoms with E-state index in [4.69, 9.17) is 4.74 Å². The van der Waals surface area contributed by atoms with E-state index < -0.39 is 0 Å². The second kappa shape index (κ2) is 5.99. The predicted molar refractivity (Wildman–Crippen MR) is 66.5 cm³/mol. The van der Waals surface area contributed by atoms with Gasteiger partial charge in [-0.25, -0.2) is 0 Å². The molecule has 0 amide bonds. The molecule has 0 radical (unpaired) electrons. The molecule has 1 fully saturated rings. The van der Waals surface area contributed by atoms with Gasteiger partial charge >= 0.3 is 0 Å². The number of hydrogen-bond donors (Lipinski definition) is 2. The summed E-state index contributed by atoms with van der Waals surface area (Å²) >= 11 is 0. The first-order chi connectivity index (χ1) is 7.49. The first-order valence-electron chi connectivity index (χ1n) is 6.49. The highest BCUT2D eigenvalue weighted by atomic mass is 16.5. The van der Waals surface area contributed by atoms with Gasteiger partial charge in [-0.15, -0.1) is 0 Å². The van der Waals surface area contributed by atoms with E-state index in [1.807, 2.05) is 0 Å². The Morgan fingerprint density at radius 2 is 1.88 bits per heavy atom. The van der Waals surface area contributed by atoms with Gasteiger partial charge in [-0.05, 0) is 33.1 Å². The van der Waals surface area contributed by atoms with Crippen LogP contribution in [0, 0.1) is 5.41 Å². The quantitative estimate of drug-likeness (QED) is 0.757. The normalized spacial score (nSPS) is 34.7. The van der Waals surface area contributed by atoms with Crippen LogP contribution in [-0.2, 0) is 4.74 Å². The average Bonchev–Trinajstić information content (AvgIpc) is 2.25. The van der Waals surface area contributed by atoms with Gasteiger partial charge < -0.3 is 15.2 Å². The zero-order valence-corrected chi connectivity index (χ0v) is 11.1. The maximum Gasteiger partial charge on any atom is 0.0565 e. The molecule has 96 valence electrons. The van der Waals surface area contributed by atoms with Crippen molar-refractivity contribution in [1.82, 2.24) is 5.32 Å². The third kappa shape index (κ3) is 4.04. The van der Waals surface area contributed by atoms with Crippen LogP contribution in [-0.4, -0.2) is 36.5 Å². The van der Waals surface area contributed by atoms with Gasteiger partial charge in [0.2, 0.25) is 0 Å². The fraction of sp³-hybridized carbons (Fsp3) is 1.00. The van der Waals surface area contributed by atoms with Crippen molar-refractivity contribution in [2.75, 3.05) is 13.2 Å². The molecule has 0 aromatic heterocycles. The van der Waals surface area contributed by atoms with Gasteiger partial charge in [0.15, 0.2) is 0 Å². The largest absolute Gasteiger partial charge is 0.396 e. The van der Waals surface area contributed by atoms with Crippen LogP contribution >= 0.6 is 0 Å². The second-order valence-electron chi connectivity index (χ2n) is 5.63. The van der Waals surface area contributed by atoms with E-state index in [2.05, 4.69) is 33.0 Å². The molecule has 0 aromatic carbocycles. The van der Waals surface area contributed by atoms with Crippen molar-refractivity contribution in [3.63, 3.8) is 0 Å². The highest BCUT2D eigenvalue weighted by Gasteiger charge is 2.27. The minimum Gasteiger partial charge on any atom is -0.396 e. The van der Waals surface area contributed by atoms with Crippen molar-refractivity contribution >= 4 is 0 Å². The van der Waals surface area contributed by atoms with Crippen molar-refractivity contribution in [3.05, 3.63) is 0 Å². The van der Waals surface area contributed by atoms with Crippen LogP contribution in [0.2, 0.25) is 0 Å². The molecular weight excluding hydrogens is 202 g/mol. The van der Waals surface area contributed by atoms with Crippen LogP contribution in [0.3, 0.4) is 0 Å². The Balaban J connectivity index is 2.36. The fourth-order valence-electron chi connectivity index (χ4n) is 2.26. The lowest BCUT2D eigenvalue weighted by molar-refractivity contribution is -0.0438. The predicted octanol–water partition coefficient (Wildman–Crippen LogP) is 1.94. The van der Waals surface area contributed by atoms with E-state index in [0.717, 1.165) is 25.8 Å². The van der Waals surface area contributed by atoms with Gasteiger partial charge in [0, 0.05) is 24.6 Å². The number of aliphatic hydroxyl groups is 1. The Morgan fingerprint density at radius 1 is 1.31 bits per heavy atom. The molecule has 2 N–H and O–H groups in total. The molecule has 1 rings (SSSR count). The van der Waals surface area contributed by atoms with Crippen LogP contribution in [0.15, 0.2) is 0 Å². The van der Waals surface area contributed by atoms with Crippen LogP contribution in [0.1, 0.15) is 47.0 Å². The number of nitrogens with one attached hydrogen (secondary N) is 1. The maximum absolute atomic E-state index is 9.35. The minimum atomic E-state index is 0.0186. The molecule has 3 atom stereocenters. The summed E-state index contributed by atoms with van der Waals surface area (Å²) in [6.45, 7) is 9.68. The smallest absolute Gasteiger partial charge is 0.0565 e. The lowest BCUT2D eigenvalue weighted by Gasteiger charge is -2.35. The van der Waals surface area contributed by atoms with Crippen molar-refractivity contribution < 1.29 is 9.84 Å². The Kier molecular flexibility index (Phi) is 5.22. The van der Waals surface area contributed by atoms with Gasteiger partial charge in [0.25, 0.3) is 0 Å². The van der Waals surface area contributed by atoms with E-state index in [1.165, 1.54) is 0 Å². The van der Waals surface area contributed by atoms with Gasteiger partial charge in [-0.1, -0.05) is 13.8 Å². The molecule has 1 saturated heterocycles. The van der Waals surface area contributed by atoms with Crippen molar-refractivity contribution in [2.45, 2.75) is 65.2 Å². The minimum absolute atomic E-state index is 0.0186. The van der Waals surface area contributed by atoms with E-state index in [9.17, 15) is 5.11 Å². The van der Waals surface area contributed by atoms with E-state index in [1.54, 1.807) is 0 Å². The number of hydrogen-bond acceptors (Lipinski definition) is 3. The van der Waals surface area contributed by atoms with Gasteiger partial charge in [-0.3, -0.25) is 0 Å². The van der Waals surface area contributed by atoms with Crippen LogP contribution in [0.4, 0.5) is 0 Å². The Hall–Kier alpha value is -0.120. The summed E-state index contributed by atoms with van der Waals surface area (Å²) < 4.78 is 5.71. The third-order valence-electron chi connectivity index (χ3n) is 3.75. The van der Waals surface area contributed by atoms with E-state index >= 15 is 0 Å². The Morgan fingerprint density at radius 3 is 2.31 bits per heavy atom. The first kappa shape index (κ1) is 13.9. The molecule has 1 aliphatic rings. The van der Waals surface area contributed by atoms with Gasteiger partial charge in [0.05, 0.1) is 12.2 Å². The molecule has 3 nitrogen and oxygen atoms in total. The number of rotatable bonds is 5. The number of ether oxygens (including phenoxy) is 1. The SMILES string of the molecule is CCC(C)(CO)CNC1CC(C)OC(C)C1. The van der Waals surface area contributed by atoms with Gasteiger partial charge in [0.1, 0.15) is 0 Å². The Labute approximate surface area is 99.6 Å². The molecule has 0 aliphatic carbocycles. The fourth-order valence-corrected chi connectivity index (χ4v) is 2.26. The lowest BCUT2D eigenvalue weighted by Crippen LogP contribution is -2.45.